The molecule has 1 unspecified atom stereocenters. The Bertz CT molecular complexity index is 425. The third-order valence-electron chi connectivity index (χ3n) is 4.73. The highest BCUT2D eigenvalue weighted by Crippen LogP contribution is 2.31. The topological polar surface area (TPSA) is 52.5 Å². The van der Waals surface area contributed by atoms with Crippen molar-refractivity contribution in [3.05, 3.63) is 23.8 Å². The van der Waals surface area contributed by atoms with Gasteiger partial charge in [0.1, 0.15) is 11.5 Å². The molecule has 20 heavy (non-hydrogen) atoms. The quantitative estimate of drug-likeness (QED) is 0.714. The van der Waals surface area contributed by atoms with Crippen molar-refractivity contribution in [3.63, 3.8) is 0 Å². The maximum Gasteiger partial charge on any atom is 0.120 e. The van der Waals surface area contributed by atoms with Gasteiger partial charge in [-0.2, -0.15) is 0 Å². The monoisotopic (exact) mass is 277 g/mol. The Hall–Kier alpha value is -1.22. The molecule has 0 aliphatic heterocycles. The molecular formula is C17H27NO2. The van der Waals surface area contributed by atoms with E-state index in [1.54, 1.807) is 12.1 Å². The fourth-order valence-electron chi connectivity index (χ4n) is 3.19. The lowest BCUT2D eigenvalue weighted by molar-refractivity contribution is 0.257. The lowest BCUT2D eigenvalue weighted by atomic mass is 9.81. The first-order valence-corrected chi connectivity index (χ1v) is 7.85. The third-order valence-corrected chi connectivity index (χ3v) is 4.73. The molecule has 1 saturated carbocycles. The summed E-state index contributed by atoms with van der Waals surface area (Å²) in [5.41, 5.74) is 0.771. The summed E-state index contributed by atoms with van der Waals surface area (Å²) in [5, 5.41) is 22.9. The predicted molar refractivity (Wildman–Crippen MR) is 81.9 cm³/mol. The second kappa shape index (κ2) is 6.98. The van der Waals surface area contributed by atoms with Crippen LogP contribution in [0.4, 0.5) is 0 Å². The Labute approximate surface area is 122 Å². The van der Waals surface area contributed by atoms with Gasteiger partial charge in [-0.1, -0.05) is 26.2 Å². The smallest absolute Gasteiger partial charge is 0.120 e. The maximum atomic E-state index is 9.86. The van der Waals surface area contributed by atoms with Crippen LogP contribution in [0.3, 0.4) is 0 Å². The van der Waals surface area contributed by atoms with Crippen molar-refractivity contribution in [2.45, 2.75) is 52.0 Å². The van der Waals surface area contributed by atoms with E-state index in [0.717, 1.165) is 23.9 Å². The number of nitrogens with one attached hydrogen (secondary N) is 1. The minimum absolute atomic E-state index is 0.0611. The highest BCUT2D eigenvalue weighted by atomic mass is 16.3. The summed E-state index contributed by atoms with van der Waals surface area (Å²) in [7, 11) is 0. The Balaban J connectivity index is 1.83. The van der Waals surface area contributed by atoms with Crippen LogP contribution in [0, 0.1) is 11.8 Å². The van der Waals surface area contributed by atoms with Crippen molar-refractivity contribution in [1.82, 2.24) is 5.32 Å². The first-order valence-electron chi connectivity index (χ1n) is 7.85. The zero-order valence-electron chi connectivity index (χ0n) is 12.6. The molecule has 1 aliphatic rings. The van der Waals surface area contributed by atoms with Crippen LogP contribution in [-0.2, 0) is 0 Å². The van der Waals surface area contributed by atoms with Crippen molar-refractivity contribution in [3.8, 4) is 11.5 Å². The number of benzene rings is 1. The van der Waals surface area contributed by atoms with Gasteiger partial charge in [-0.05, 0) is 56.3 Å². The maximum absolute atomic E-state index is 9.86. The number of aromatic hydroxyl groups is 2. The van der Waals surface area contributed by atoms with Gasteiger partial charge in [-0.25, -0.2) is 0 Å². The molecule has 1 aliphatic carbocycles. The van der Waals surface area contributed by atoms with Gasteiger partial charge in [-0.3, -0.25) is 0 Å². The molecule has 0 aromatic heterocycles. The van der Waals surface area contributed by atoms with Gasteiger partial charge in [0.15, 0.2) is 0 Å². The minimum atomic E-state index is 0.0611. The molecule has 0 spiro atoms. The second-order valence-electron chi connectivity index (χ2n) is 6.17. The largest absolute Gasteiger partial charge is 0.508 e. The van der Waals surface area contributed by atoms with Crippen LogP contribution in [0.15, 0.2) is 18.2 Å². The third kappa shape index (κ3) is 3.89. The van der Waals surface area contributed by atoms with Gasteiger partial charge in [0.2, 0.25) is 0 Å². The van der Waals surface area contributed by atoms with Crippen LogP contribution in [0.2, 0.25) is 0 Å². The van der Waals surface area contributed by atoms with E-state index in [1.165, 1.54) is 38.2 Å². The molecule has 0 heterocycles. The first-order chi connectivity index (χ1) is 9.60. The van der Waals surface area contributed by atoms with Crippen LogP contribution < -0.4 is 5.32 Å². The van der Waals surface area contributed by atoms with Crippen LogP contribution in [0.25, 0.3) is 0 Å². The van der Waals surface area contributed by atoms with Crippen molar-refractivity contribution in [2.75, 3.05) is 6.54 Å². The van der Waals surface area contributed by atoms with E-state index in [9.17, 15) is 10.2 Å². The van der Waals surface area contributed by atoms with E-state index >= 15 is 0 Å². The zero-order chi connectivity index (χ0) is 14.5. The number of rotatable bonds is 5. The lowest BCUT2D eigenvalue weighted by Gasteiger charge is -2.29. The van der Waals surface area contributed by atoms with Gasteiger partial charge in [0.05, 0.1) is 0 Å². The van der Waals surface area contributed by atoms with Crippen LogP contribution in [-0.4, -0.2) is 16.8 Å². The number of hydrogen-bond donors (Lipinski definition) is 3. The predicted octanol–water partition coefficient (Wildman–Crippen LogP) is 3.96. The molecule has 2 rings (SSSR count). The highest BCUT2D eigenvalue weighted by Gasteiger charge is 2.20. The van der Waals surface area contributed by atoms with Crippen LogP contribution in [0.5, 0.6) is 11.5 Å². The second-order valence-corrected chi connectivity index (χ2v) is 6.17. The molecule has 3 nitrogen and oxygen atoms in total. The SMILES string of the molecule is CCC1CCC(CNC(C)c2cc(O)ccc2O)CC1. The molecule has 1 atom stereocenters. The van der Waals surface area contributed by atoms with Gasteiger partial charge >= 0.3 is 0 Å². The summed E-state index contributed by atoms with van der Waals surface area (Å²) in [5.74, 6) is 2.13. The molecule has 112 valence electrons. The Morgan fingerprint density at radius 1 is 1.15 bits per heavy atom. The van der Waals surface area contributed by atoms with Gasteiger partial charge in [0.25, 0.3) is 0 Å². The molecule has 1 fully saturated rings. The average molecular weight is 277 g/mol. The van der Waals surface area contributed by atoms with Crippen LogP contribution >= 0.6 is 0 Å². The molecule has 0 saturated heterocycles. The van der Waals surface area contributed by atoms with Crippen molar-refractivity contribution < 1.29 is 10.2 Å². The lowest BCUT2D eigenvalue weighted by Crippen LogP contribution is -2.28. The zero-order valence-corrected chi connectivity index (χ0v) is 12.6. The minimum Gasteiger partial charge on any atom is -0.508 e. The van der Waals surface area contributed by atoms with Crippen molar-refractivity contribution in [2.24, 2.45) is 11.8 Å². The summed E-state index contributed by atoms with van der Waals surface area (Å²) in [6.07, 6.45) is 6.64. The fourth-order valence-corrected chi connectivity index (χ4v) is 3.19. The molecular weight excluding hydrogens is 250 g/mol. The summed E-state index contributed by atoms with van der Waals surface area (Å²) < 4.78 is 0. The number of phenols is 2. The van der Waals surface area contributed by atoms with Gasteiger partial charge in [-0.15, -0.1) is 0 Å². The van der Waals surface area contributed by atoms with E-state index in [2.05, 4.69) is 12.2 Å². The van der Waals surface area contributed by atoms with Crippen molar-refractivity contribution >= 4 is 0 Å². The fraction of sp³-hybridized carbons (Fsp3) is 0.647. The molecule has 0 amide bonds. The molecule has 1 aromatic rings. The Morgan fingerprint density at radius 3 is 2.45 bits per heavy atom. The summed E-state index contributed by atoms with van der Waals surface area (Å²) in [6, 6.07) is 4.76. The summed E-state index contributed by atoms with van der Waals surface area (Å²) >= 11 is 0. The summed E-state index contributed by atoms with van der Waals surface area (Å²) in [6.45, 7) is 5.31. The molecule has 3 heteroatoms. The van der Waals surface area contributed by atoms with E-state index in [0.29, 0.717) is 0 Å². The van der Waals surface area contributed by atoms with Crippen LogP contribution in [0.1, 0.15) is 57.6 Å². The average Bonchev–Trinajstić information content (AvgIpc) is 2.47. The molecule has 0 bridgehead atoms. The summed E-state index contributed by atoms with van der Waals surface area (Å²) in [4.78, 5) is 0. The normalized spacial score (nSPS) is 24.5. The number of hydrogen-bond acceptors (Lipinski definition) is 3. The number of phenolic OH excluding ortho intramolecular Hbond substituents is 2. The van der Waals surface area contributed by atoms with Crippen molar-refractivity contribution in [1.29, 1.82) is 0 Å². The van der Waals surface area contributed by atoms with E-state index in [1.807, 2.05) is 6.92 Å². The van der Waals surface area contributed by atoms with Gasteiger partial charge < -0.3 is 15.5 Å². The van der Waals surface area contributed by atoms with Gasteiger partial charge in [0, 0.05) is 11.6 Å². The standard InChI is InChI=1S/C17H27NO2/c1-3-13-4-6-14(7-5-13)11-18-12(2)16-10-15(19)8-9-17(16)20/h8-10,12-14,18-20H,3-7,11H2,1-2H3. The molecule has 0 radical (unpaired) electrons. The van der Waals surface area contributed by atoms with E-state index in [4.69, 9.17) is 0 Å². The Kier molecular flexibility index (Phi) is 5.30. The van der Waals surface area contributed by atoms with E-state index in [-0.39, 0.29) is 17.5 Å². The molecule has 3 N–H and O–H groups in total. The van der Waals surface area contributed by atoms with E-state index < -0.39 is 0 Å². The highest BCUT2D eigenvalue weighted by molar-refractivity contribution is 5.40. The first kappa shape index (κ1) is 15.2. The molecule has 1 aromatic carbocycles. The Morgan fingerprint density at radius 2 is 1.80 bits per heavy atom.